The van der Waals surface area contributed by atoms with Crippen LogP contribution in [0.15, 0.2) is 18.2 Å². The van der Waals surface area contributed by atoms with Crippen molar-refractivity contribution in [3.63, 3.8) is 0 Å². The fourth-order valence-electron chi connectivity index (χ4n) is 2.62. The quantitative estimate of drug-likeness (QED) is 0.912. The highest BCUT2D eigenvalue weighted by Gasteiger charge is 2.20. The van der Waals surface area contributed by atoms with Crippen molar-refractivity contribution in [1.29, 1.82) is 0 Å². The molecule has 0 saturated carbocycles. The molecular formula is C17H23ClN2O2. The van der Waals surface area contributed by atoms with E-state index in [1.54, 1.807) is 18.2 Å². The Labute approximate surface area is 136 Å². The van der Waals surface area contributed by atoms with E-state index in [2.05, 4.69) is 5.32 Å². The SMILES string of the molecule is CC(C)CC(=O)Nc1ccc(C(=O)N2CCCCC2)c(Cl)c1. The molecule has 120 valence electrons. The number of benzene rings is 1. The van der Waals surface area contributed by atoms with Gasteiger partial charge in [-0.25, -0.2) is 0 Å². The second-order valence-corrected chi connectivity index (χ2v) is 6.60. The van der Waals surface area contributed by atoms with Crippen molar-refractivity contribution in [2.24, 2.45) is 5.92 Å². The lowest BCUT2D eigenvalue weighted by Gasteiger charge is -2.27. The van der Waals surface area contributed by atoms with E-state index in [4.69, 9.17) is 11.6 Å². The molecule has 2 amide bonds. The zero-order valence-electron chi connectivity index (χ0n) is 13.2. The third-order valence-corrected chi connectivity index (χ3v) is 4.03. The van der Waals surface area contributed by atoms with Crippen LogP contribution in [-0.4, -0.2) is 29.8 Å². The van der Waals surface area contributed by atoms with Gasteiger partial charge in [-0.15, -0.1) is 0 Å². The van der Waals surface area contributed by atoms with E-state index in [-0.39, 0.29) is 11.8 Å². The molecular weight excluding hydrogens is 300 g/mol. The van der Waals surface area contributed by atoms with Gasteiger partial charge < -0.3 is 10.2 Å². The lowest BCUT2D eigenvalue weighted by Crippen LogP contribution is -2.35. The van der Waals surface area contributed by atoms with Crippen LogP contribution < -0.4 is 5.32 Å². The number of nitrogens with zero attached hydrogens (tertiary/aromatic N) is 1. The highest BCUT2D eigenvalue weighted by Crippen LogP contribution is 2.24. The van der Waals surface area contributed by atoms with E-state index in [1.165, 1.54) is 6.42 Å². The van der Waals surface area contributed by atoms with Gasteiger partial charge in [0, 0.05) is 25.2 Å². The number of nitrogens with one attached hydrogen (secondary N) is 1. The molecule has 1 aromatic carbocycles. The van der Waals surface area contributed by atoms with E-state index < -0.39 is 0 Å². The van der Waals surface area contributed by atoms with Crippen LogP contribution in [0.3, 0.4) is 0 Å². The van der Waals surface area contributed by atoms with Gasteiger partial charge in [-0.2, -0.15) is 0 Å². The van der Waals surface area contributed by atoms with Crippen LogP contribution in [0.25, 0.3) is 0 Å². The van der Waals surface area contributed by atoms with Crippen LogP contribution in [0.4, 0.5) is 5.69 Å². The van der Waals surface area contributed by atoms with Crippen LogP contribution in [0, 0.1) is 5.92 Å². The Kier molecular flexibility index (Phi) is 5.83. The van der Waals surface area contributed by atoms with Crippen molar-refractivity contribution in [3.8, 4) is 0 Å². The van der Waals surface area contributed by atoms with Gasteiger partial charge in [0.2, 0.25) is 5.91 Å². The summed E-state index contributed by atoms with van der Waals surface area (Å²) in [6.45, 7) is 5.57. The van der Waals surface area contributed by atoms with Gasteiger partial charge in [0.05, 0.1) is 10.6 Å². The average molecular weight is 323 g/mol. The smallest absolute Gasteiger partial charge is 0.255 e. The van der Waals surface area contributed by atoms with Gasteiger partial charge in [-0.1, -0.05) is 25.4 Å². The number of likely N-dealkylation sites (tertiary alicyclic amines) is 1. The molecule has 4 nitrogen and oxygen atoms in total. The molecule has 1 aromatic rings. The van der Waals surface area contributed by atoms with Gasteiger partial charge in [-0.3, -0.25) is 9.59 Å². The van der Waals surface area contributed by atoms with Gasteiger partial charge in [0.15, 0.2) is 0 Å². The first-order valence-electron chi connectivity index (χ1n) is 7.86. The number of amides is 2. The summed E-state index contributed by atoms with van der Waals surface area (Å²) in [6, 6.07) is 5.09. The third kappa shape index (κ3) is 4.47. The molecule has 0 aromatic heterocycles. The summed E-state index contributed by atoms with van der Waals surface area (Å²) in [5, 5.41) is 3.20. The second kappa shape index (κ2) is 7.63. The second-order valence-electron chi connectivity index (χ2n) is 6.19. The fraction of sp³-hybridized carbons (Fsp3) is 0.529. The monoisotopic (exact) mass is 322 g/mol. The minimum absolute atomic E-state index is 0.0234. The van der Waals surface area contributed by atoms with Crippen LogP contribution in [0.5, 0.6) is 0 Å². The number of hydrogen-bond acceptors (Lipinski definition) is 2. The summed E-state index contributed by atoms with van der Waals surface area (Å²) >= 11 is 6.23. The Morgan fingerprint density at radius 2 is 1.91 bits per heavy atom. The summed E-state index contributed by atoms with van der Waals surface area (Å²) in [5.41, 5.74) is 1.14. The highest BCUT2D eigenvalue weighted by molar-refractivity contribution is 6.34. The number of carbonyl (C=O) groups excluding carboxylic acids is 2. The zero-order valence-corrected chi connectivity index (χ0v) is 13.9. The van der Waals surface area contributed by atoms with Crippen LogP contribution in [0.2, 0.25) is 5.02 Å². The molecule has 1 aliphatic rings. The summed E-state index contributed by atoms with van der Waals surface area (Å²) < 4.78 is 0. The Balaban J connectivity index is 2.05. The standard InChI is InChI=1S/C17H23ClN2O2/c1-12(2)10-16(21)19-13-6-7-14(15(18)11-13)17(22)20-8-4-3-5-9-20/h6-7,11-12H,3-5,8-10H2,1-2H3,(H,19,21). The Morgan fingerprint density at radius 3 is 2.50 bits per heavy atom. The number of halogens is 1. The van der Waals surface area contributed by atoms with Crippen LogP contribution in [-0.2, 0) is 4.79 Å². The number of rotatable bonds is 4. The van der Waals surface area contributed by atoms with Gasteiger partial charge in [0.25, 0.3) is 5.91 Å². The molecule has 0 atom stereocenters. The molecule has 1 saturated heterocycles. The third-order valence-electron chi connectivity index (χ3n) is 3.72. The molecule has 0 bridgehead atoms. The molecule has 0 aliphatic carbocycles. The molecule has 0 unspecified atom stereocenters. The normalized spacial score (nSPS) is 15.0. The lowest BCUT2D eigenvalue weighted by molar-refractivity contribution is -0.116. The maximum Gasteiger partial charge on any atom is 0.255 e. The largest absolute Gasteiger partial charge is 0.339 e. The Hall–Kier alpha value is -1.55. The number of carbonyl (C=O) groups is 2. The van der Waals surface area contributed by atoms with E-state index in [1.807, 2.05) is 18.7 Å². The van der Waals surface area contributed by atoms with Gasteiger partial charge in [0.1, 0.15) is 0 Å². The van der Waals surface area contributed by atoms with Crippen LogP contribution >= 0.6 is 11.6 Å². The van der Waals surface area contributed by atoms with Crippen LogP contribution in [0.1, 0.15) is 49.9 Å². The molecule has 1 N–H and O–H groups in total. The topological polar surface area (TPSA) is 49.4 Å². The average Bonchev–Trinajstić information content (AvgIpc) is 2.46. The molecule has 1 heterocycles. The Morgan fingerprint density at radius 1 is 1.23 bits per heavy atom. The maximum absolute atomic E-state index is 12.5. The summed E-state index contributed by atoms with van der Waals surface area (Å²) in [4.78, 5) is 26.1. The van der Waals surface area contributed by atoms with E-state index in [0.29, 0.717) is 28.6 Å². The summed E-state index contributed by atoms with van der Waals surface area (Å²) in [6.07, 6.45) is 3.74. The minimum Gasteiger partial charge on any atom is -0.339 e. The van der Waals surface area contributed by atoms with Crippen molar-refractivity contribution >= 4 is 29.1 Å². The number of anilines is 1. The highest BCUT2D eigenvalue weighted by atomic mass is 35.5. The first kappa shape index (κ1) is 16.8. The van der Waals surface area contributed by atoms with Crippen molar-refractivity contribution in [1.82, 2.24) is 4.90 Å². The first-order chi connectivity index (χ1) is 10.5. The van der Waals surface area contributed by atoms with Gasteiger partial charge in [-0.05, 0) is 43.4 Å². The maximum atomic E-state index is 12.5. The van der Waals surface area contributed by atoms with Crippen molar-refractivity contribution < 1.29 is 9.59 Å². The van der Waals surface area contributed by atoms with Crippen molar-refractivity contribution in [3.05, 3.63) is 28.8 Å². The number of hydrogen-bond donors (Lipinski definition) is 1. The summed E-state index contributed by atoms with van der Waals surface area (Å²) in [7, 11) is 0. The number of piperidine rings is 1. The molecule has 1 aliphatic heterocycles. The zero-order chi connectivity index (χ0) is 16.1. The van der Waals surface area contributed by atoms with Crippen molar-refractivity contribution in [2.45, 2.75) is 39.5 Å². The fourth-order valence-corrected chi connectivity index (χ4v) is 2.88. The molecule has 22 heavy (non-hydrogen) atoms. The van der Waals surface area contributed by atoms with E-state index >= 15 is 0 Å². The molecule has 0 radical (unpaired) electrons. The first-order valence-corrected chi connectivity index (χ1v) is 8.24. The molecule has 1 fully saturated rings. The van der Waals surface area contributed by atoms with Crippen molar-refractivity contribution in [2.75, 3.05) is 18.4 Å². The minimum atomic E-state index is -0.0406. The Bertz CT molecular complexity index is 552. The van der Waals surface area contributed by atoms with Gasteiger partial charge >= 0.3 is 0 Å². The van der Waals surface area contributed by atoms with E-state index in [0.717, 1.165) is 25.9 Å². The summed E-state index contributed by atoms with van der Waals surface area (Å²) in [5.74, 6) is 0.237. The molecule has 2 rings (SSSR count). The van der Waals surface area contributed by atoms with E-state index in [9.17, 15) is 9.59 Å². The molecule has 0 spiro atoms. The lowest BCUT2D eigenvalue weighted by atomic mass is 10.1. The molecule has 5 heteroatoms. The predicted octanol–water partition coefficient (Wildman–Crippen LogP) is 3.95. The predicted molar refractivity (Wildman–Crippen MR) is 89.3 cm³/mol.